The number of fused-ring (bicyclic) bond motifs is 1. The smallest absolute Gasteiger partial charge is 0.270 e. The molecule has 1 atom stereocenters. The van der Waals surface area contributed by atoms with Crippen LogP contribution < -0.4 is 0 Å². The summed E-state index contributed by atoms with van der Waals surface area (Å²) in [4.78, 5) is 18.3. The Morgan fingerprint density at radius 1 is 1.45 bits per heavy atom. The zero-order valence-electron chi connectivity index (χ0n) is 5.51. The molecule has 54 valence electrons. The maximum absolute atomic E-state index is 11.0. The molecule has 0 spiro atoms. The summed E-state index contributed by atoms with van der Waals surface area (Å²) >= 11 is 0. The van der Waals surface area contributed by atoms with Crippen molar-refractivity contribution in [1.29, 1.82) is 0 Å². The van der Waals surface area contributed by atoms with E-state index in [2.05, 4.69) is 20.2 Å². The number of azo groups is 1. The van der Waals surface area contributed by atoms with E-state index in [9.17, 15) is 4.79 Å². The number of carbonyl (C=O) groups excluding carboxylic acids is 1. The van der Waals surface area contributed by atoms with Gasteiger partial charge < -0.3 is 0 Å². The predicted molar refractivity (Wildman–Crippen MR) is 38.7 cm³/mol. The van der Waals surface area contributed by atoms with Crippen molar-refractivity contribution in [3.8, 4) is 0 Å². The molecule has 0 N–H and O–H groups in total. The van der Waals surface area contributed by atoms with E-state index in [1.54, 1.807) is 6.08 Å². The van der Waals surface area contributed by atoms with Crippen LogP contribution in [-0.4, -0.2) is 24.5 Å². The molecule has 0 bridgehead atoms. The fourth-order valence-electron chi connectivity index (χ4n) is 0.892. The Kier molecular flexibility index (Phi) is 1.21. The van der Waals surface area contributed by atoms with Gasteiger partial charge in [0, 0.05) is 6.21 Å². The average molecular weight is 148 g/mol. The Morgan fingerprint density at radius 2 is 2.36 bits per heavy atom. The quantitative estimate of drug-likeness (QED) is 0.488. The third-order valence-corrected chi connectivity index (χ3v) is 1.40. The van der Waals surface area contributed by atoms with Crippen LogP contribution in [0.2, 0.25) is 0 Å². The zero-order chi connectivity index (χ0) is 7.68. The van der Waals surface area contributed by atoms with Crippen LogP contribution >= 0.6 is 0 Å². The van der Waals surface area contributed by atoms with Crippen LogP contribution in [0, 0.1) is 0 Å². The normalized spacial score (nSPS) is 26.7. The van der Waals surface area contributed by atoms with Gasteiger partial charge in [-0.3, -0.25) is 9.79 Å². The molecule has 0 aromatic carbocycles. The predicted octanol–water partition coefficient (Wildman–Crippen LogP) is 0.344. The van der Waals surface area contributed by atoms with Crippen LogP contribution in [0.5, 0.6) is 0 Å². The molecular weight excluding hydrogens is 144 g/mol. The van der Waals surface area contributed by atoms with Crippen molar-refractivity contribution in [1.82, 2.24) is 0 Å². The second-order valence-electron chi connectivity index (χ2n) is 2.09. The van der Waals surface area contributed by atoms with Gasteiger partial charge in [0.25, 0.3) is 5.91 Å². The summed E-state index contributed by atoms with van der Waals surface area (Å²) in [5.41, 5.74) is 0.563. The lowest BCUT2D eigenvalue weighted by molar-refractivity contribution is -0.118. The second-order valence-corrected chi connectivity index (χ2v) is 2.09. The van der Waals surface area contributed by atoms with Gasteiger partial charge in [-0.25, -0.2) is 4.99 Å². The summed E-state index contributed by atoms with van der Waals surface area (Å²) < 4.78 is 0. The van der Waals surface area contributed by atoms with Crippen molar-refractivity contribution < 1.29 is 4.79 Å². The molecule has 2 heterocycles. The SMILES string of the molecule is O=C1N=CC=C2N=NC=NC12. The van der Waals surface area contributed by atoms with Crippen molar-refractivity contribution in [3.05, 3.63) is 11.8 Å². The minimum absolute atomic E-state index is 0.280. The van der Waals surface area contributed by atoms with Gasteiger partial charge in [0.15, 0.2) is 6.04 Å². The standard InChI is InChI=1S/C6H4N4O/c11-6-5-4(1-2-7-6)10-9-3-8-5/h1-3,5H. The van der Waals surface area contributed by atoms with Gasteiger partial charge in [-0.05, 0) is 6.08 Å². The van der Waals surface area contributed by atoms with Crippen LogP contribution in [0.3, 0.4) is 0 Å². The van der Waals surface area contributed by atoms with Gasteiger partial charge in [0.05, 0.1) is 5.70 Å². The molecule has 5 nitrogen and oxygen atoms in total. The third-order valence-electron chi connectivity index (χ3n) is 1.40. The maximum atomic E-state index is 11.0. The highest BCUT2D eigenvalue weighted by Crippen LogP contribution is 2.15. The Labute approximate surface area is 62.3 Å². The van der Waals surface area contributed by atoms with E-state index >= 15 is 0 Å². The molecule has 0 radical (unpaired) electrons. The van der Waals surface area contributed by atoms with E-state index in [0.717, 1.165) is 0 Å². The number of dihydropyridines is 1. The number of allylic oxidation sites excluding steroid dienone is 1. The Bertz CT molecular complexity index is 313. The first-order chi connectivity index (χ1) is 5.38. The second kappa shape index (κ2) is 2.19. The van der Waals surface area contributed by atoms with Gasteiger partial charge in [0.2, 0.25) is 0 Å². The van der Waals surface area contributed by atoms with Crippen molar-refractivity contribution in [2.45, 2.75) is 6.04 Å². The van der Waals surface area contributed by atoms with Crippen molar-refractivity contribution in [2.24, 2.45) is 20.2 Å². The molecule has 11 heavy (non-hydrogen) atoms. The van der Waals surface area contributed by atoms with E-state index in [4.69, 9.17) is 0 Å². The highest BCUT2D eigenvalue weighted by Gasteiger charge is 2.24. The number of rotatable bonds is 0. The van der Waals surface area contributed by atoms with Crippen LogP contribution in [-0.2, 0) is 4.79 Å². The van der Waals surface area contributed by atoms with Crippen LogP contribution in [0.25, 0.3) is 0 Å². The van der Waals surface area contributed by atoms with E-state index in [1.165, 1.54) is 12.6 Å². The van der Waals surface area contributed by atoms with E-state index in [-0.39, 0.29) is 5.91 Å². The summed E-state index contributed by atoms with van der Waals surface area (Å²) in [5.74, 6) is -0.280. The molecule has 1 unspecified atom stereocenters. The lowest BCUT2D eigenvalue weighted by Crippen LogP contribution is -2.22. The molecule has 0 fully saturated rings. The summed E-state index contributed by atoms with van der Waals surface area (Å²) in [7, 11) is 0. The third kappa shape index (κ3) is 0.899. The largest absolute Gasteiger partial charge is 0.276 e. The fraction of sp³-hybridized carbons (Fsp3) is 0.167. The van der Waals surface area contributed by atoms with Crippen molar-refractivity contribution in [2.75, 3.05) is 0 Å². The van der Waals surface area contributed by atoms with Crippen LogP contribution in [0.4, 0.5) is 0 Å². The van der Waals surface area contributed by atoms with Gasteiger partial charge in [-0.1, -0.05) is 0 Å². The molecule has 0 aromatic heterocycles. The molecule has 0 saturated heterocycles. The van der Waals surface area contributed by atoms with Gasteiger partial charge in [-0.2, -0.15) is 5.11 Å². The number of carbonyl (C=O) groups is 1. The number of nitrogens with zero attached hydrogens (tertiary/aromatic N) is 4. The molecule has 0 aliphatic carbocycles. The van der Waals surface area contributed by atoms with E-state index in [0.29, 0.717) is 5.70 Å². The Morgan fingerprint density at radius 3 is 3.18 bits per heavy atom. The topological polar surface area (TPSA) is 66.5 Å². The summed E-state index contributed by atoms with van der Waals surface area (Å²) in [5, 5.41) is 7.27. The van der Waals surface area contributed by atoms with Crippen LogP contribution in [0.15, 0.2) is 32.0 Å². The first kappa shape index (κ1) is 6.09. The van der Waals surface area contributed by atoms with E-state index in [1.807, 2.05) is 0 Å². The summed E-state index contributed by atoms with van der Waals surface area (Å²) in [6.45, 7) is 0. The first-order valence-electron chi connectivity index (χ1n) is 3.08. The summed E-state index contributed by atoms with van der Waals surface area (Å²) in [6, 6.07) is -0.544. The van der Waals surface area contributed by atoms with Gasteiger partial charge in [0.1, 0.15) is 6.34 Å². The molecule has 5 heteroatoms. The average Bonchev–Trinajstić information content (AvgIpc) is 2.06. The maximum Gasteiger partial charge on any atom is 0.276 e. The molecule has 1 amide bonds. The number of hydrogen-bond acceptors (Lipinski definition) is 4. The monoisotopic (exact) mass is 148 g/mol. The van der Waals surface area contributed by atoms with Gasteiger partial charge in [-0.15, -0.1) is 5.11 Å². The molecule has 2 rings (SSSR count). The molecule has 0 saturated carbocycles. The minimum atomic E-state index is -0.544. The molecule has 2 aliphatic rings. The fourth-order valence-corrected chi connectivity index (χ4v) is 0.892. The van der Waals surface area contributed by atoms with Crippen molar-refractivity contribution >= 4 is 18.5 Å². The lowest BCUT2D eigenvalue weighted by atomic mass is 10.1. The number of amides is 1. The van der Waals surface area contributed by atoms with Crippen molar-refractivity contribution in [3.63, 3.8) is 0 Å². The first-order valence-corrected chi connectivity index (χ1v) is 3.08. The Hall–Kier alpha value is -1.65. The zero-order valence-corrected chi connectivity index (χ0v) is 5.51. The Balaban J connectivity index is 2.43. The van der Waals surface area contributed by atoms with Gasteiger partial charge >= 0.3 is 0 Å². The lowest BCUT2D eigenvalue weighted by Gasteiger charge is -2.11. The highest BCUT2D eigenvalue weighted by molar-refractivity contribution is 5.98. The molecule has 0 aromatic rings. The molecular formula is C6H4N4O. The van der Waals surface area contributed by atoms with Crippen LogP contribution in [0.1, 0.15) is 0 Å². The minimum Gasteiger partial charge on any atom is -0.270 e. The highest BCUT2D eigenvalue weighted by atomic mass is 16.1. The molecule has 2 aliphatic heterocycles. The summed E-state index contributed by atoms with van der Waals surface area (Å²) in [6.07, 6.45) is 4.31. The number of aliphatic imine (C=N–C) groups is 2. The number of hydrogen-bond donors (Lipinski definition) is 0. The van der Waals surface area contributed by atoms with E-state index < -0.39 is 6.04 Å².